The quantitative estimate of drug-likeness (QED) is 0.694. The van der Waals surface area contributed by atoms with Crippen LogP contribution in [0.2, 0.25) is 0 Å². The third-order valence-electron chi connectivity index (χ3n) is 5.58. The third kappa shape index (κ3) is 3.54. The van der Waals surface area contributed by atoms with Crippen LogP contribution in [0.3, 0.4) is 0 Å². The fraction of sp³-hybridized carbons (Fsp3) is 0.476. The molecule has 0 aliphatic carbocycles. The first-order chi connectivity index (χ1) is 13.4. The summed E-state index contributed by atoms with van der Waals surface area (Å²) in [6.07, 6.45) is 0. The Morgan fingerprint density at radius 2 is 1.75 bits per heavy atom. The van der Waals surface area contributed by atoms with Crippen molar-refractivity contribution in [2.45, 2.75) is 27.3 Å². The van der Waals surface area contributed by atoms with Crippen LogP contribution in [-0.4, -0.2) is 64.8 Å². The fourth-order valence-electron chi connectivity index (χ4n) is 3.82. The van der Waals surface area contributed by atoms with E-state index in [1.54, 1.807) is 0 Å². The molecule has 0 saturated carbocycles. The van der Waals surface area contributed by atoms with Gasteiger partial charge in [-0.1, -0.05) is 12.1 Å². The van der Waals surface area contributed by atoms with Crippen molar-refractivity contribution in [1.29, 1.82) is 0 Å². The average Bonchev–Trinajstić information content (AvgIpc) is 3.06. The lowest BCUT2D eigenvalue weighted by Crippen LogP contribution is -2.46. The summed E-state index contributed by atoms with van der Waals surface area (Å²) in [6, 6.07) is 8.61. The lowest BCUT2D eigenvalue weighted by atomic mass is 10.1. The van der Waals surface area contributed by atoms with E-state index in [-0.39, 0.29) is 0 Å². The second-order valence-electron chi connectivity index (χ2n) is 7.87. The van der Waals surface area contributed by atoms with E-state index in [0.717, 1.165) is 50.1 Å². The summed E-state index contributed by atoms with van der Waals surface area (Å²) >= 11 is 0. The van der Waals surface area contributed by atoms with Gasteiger partial charge in [0.25, 0.3) is 5.78 Å². The van der Waals surface area contributed by atoms with Gasteiger partial charge in [-0.05, 0) is 38.0 Å². The molecule has 0 spiro atoms. The summed E-state index contributed by atoms with van der Waals surface area (Å²) in [5.41, 5.74) is 5.06. The molecule has 2 aromatic heterocycles. The van der Waals surface area contributed by atoms with Crippen LogP contribution in [0.25, 0.3) is 5.78 Å². The number of anilines is 2. The molecule has 1 aromatic carbocycles. The lowest BCUT2D eigenvalue weighted by molar-refractivity contribution is 0.244. The van der Waals surface area contributed by atoms with Gasteiger partial charge in [-0.25, -0.2) is 4.98 Å². The van der Waals surface area contributed by atoms with Crippen LogP contribution in [0, 0.1) is 20.8 Å². The largest absolute Gasteiger partial charge is 0.369 e. The molecule has 28 heavy (non-hydrogen) atoms. The van der Waals surface area contributed by atoms with Crippen molar-refractivity contribution in [1.82, 2.24) is 24.5 Å². The molecule has 148 valence electrons. The first-order valence-corrected chi connectivity index (χ1v) is 9.86. The van der Waals surface area contributed by atoms with Crippen molar-refractivity contribution in [3.63, 3.8) is 0 Å². The summed E-state index contributed by atoms with van der Waals surface area (Å²) in [5.74, 6) is 2.51. The van der Waals surface area contributed by atoms with E-state index in [2.05, 4.69) is 51.8 Å². The number of piperazine rings is 1. The summed E-state index contributed by atoms with van der Waals surface area (Å²) < 4.78 is 1.84. The van der Waals surface area contributed by atoms with Crippen LogP contribution in [0.1, 0.15) is 22.6 Å². The highest BCUT2D eigenvalue weighted by atomic mass is 15.4. The number of fused-ring (bicyclic) bond motifs is 1. The Hall–Kier alpha value is -2.67. The minimum absolute atomic E-state index is 0.674. The third-order valence-corrected chi connectivity index (χ3v) is 5.58. The van der Waals surface area contributed by atoms with Crippen molar-refractivity contribution in [3.05, 3.63) is 46.9 Å². The molecule has 1 fully saturated rings. The maximum absolute atomic E-state index is 4.72. The van der Waals surface area contributed by atoms with Gasteiger partial charge in [0.05, 0.1) is 6.54 Å². The Balaban J connectivity index is 1.46. The Morgan fingerprint density at radius 1 is 1.00 bits per heavy atom. The molecule has 3 heterocycles. The predicted octanol–water partition coefficient (Wildman–Crippen LogP) is 2.44. The molecule has 0 radical (unpaired) electrons. The minimum atomic E-state index is 0.674. The first-order valence-electron chi connectivity index (χ1n) is 9.86. The zero-order valence-corrected chi connectivity index (χ0v) is 17.5. The average molecular weight is 380 g/mol. The fourth-order valence-corrected chi connectivity index (χ4v) is 3.82. The van der Waals surface area contributed by atoms with Gasteiger partial charge in [0.2, 0.25) is 0 Å². The number of benzene rings is 1. The molecule has 1 aliphatic rings. The molecule has 7 nitrogen and oxygen atoms in total. The summed E-state index contributed by atoms with van der Waals surface area (Å²) in [5, 5.41) is 4.72. The minimum Gasteiger partial charge on any atom is -0.369 e. The molecule has 0 atom stereocenters. The van der Waals surface area contributed by atoms with Gasteiger partial charge in [0, 0.05) is 57.7 Å². The molecule has 3 aromatic rings. The Morgan fingerprint density at radius 3 is 2.46 bits per heavy atom. The SMILES string of the molecule is Cc1cc(N(C)C)n2nc(CN3CCN(c4cccc(C)c4C)CC3)nc2n1. The van der Waals surface area contributed by atoms with E-state index < -0.39 is 0 Å². The van der Waals surface area contributed by atoms with E-state index in [4.69, 9.17) is 5.10 Å². The normalized spacial score (nSPS) is 15.4. The Labute approximate surface area is 166 Å². The van der Waals surface area contributed by atoms with E-state index in [1.165, 1.54) is 16.8 Å². The van der Waals surface area contributed by atoms with Gasteiger partial charge in [-0.15, -0.1) is 5.10 Å². The number of aryl methyl sites for hydroxylation is 2. The summed E-state index contributed by atoms with van der Waals surface area (Å²) in [6.45, 7) is 11.2. The predicted molar refractivity (Wildman–Crippen MR) is 113 cm³/mol. The molecular weight excluding hydrogens is 350 g/mol. The van der Waals surface area contributed by atoms with Crippen LogP contribution < -0.4 is 9.80 Å². The van der Waals surface area contributed by atoms with Gasteiger partial charge >= 0.3 is 0 Å². The zero-order chi connectivity index (χ0) is 19.8. The van der Waals surface area contributed by atoms with Crippen LogP contribution in [0.4, 0.5) is 11.5 Å². The van der Waals surface area contributed by atoms with Crippen molar-refractivity contribution < 1.29 is 0 Å². The van der Waals surface area contributed by atoms with Gasteiger partial charge in [0.1, 0.15) is 5.82 Å². The number of aromatic nitrogens is 4. The van der Waals surface area contributed by atoms with E-state index in [0.29, 0.717) is 5.78 Å². The highest BCUT2D eigenvalue weighted by Gasteiger charge is 2.21. The van der Waals surface area contributed by atoms with Crippen LogP contribution >= 0.6 is 0 Å². The highest BCUT2D eigenvalue weighted by Crippen LogP contribution is 2.24. The van der Waals surface area contributed by atoms with Crippen molar-refractivity contribution >= 4 is 17.3 Å². The molecule has 4 rings (SSSR count). The lowest BCUT2D eigenvalue weighted by Gasteiger charge is -2.36. The van der Waals surface area contributed by atoms with E-state index in [9.17, 15) is 0 Å². The molecular formula is C21H29N7. The monoisotopic (exact) mass is 379 g/mol. The molecule has 1 aliphatic heterocycles. The molecule has 7 heteroatoms. The van der Waals surface area contributed by atoms with Crippen LogP contribution in [-0.2, 0) is 6.54 Å². The van der Waals surface area contributed by atoms with Gasteiger partial charge in [-0.3, -0.25) is 4.90 Å². The maximum Gasteiger partial charge on any atom is 0.254 e. The van der Waals surface area contributed by atoms with Crippen molar-refractivity contribution in [3.8, 4) is 0 Å². The summed E-state index contributed by atoms with van der Waals surface area (Å²) in [7, 11) is 4.03. The highest BCUT2D eigenvalue weighted by molar-refractivity contribution is 5.56. The van der Waals surface area contributed by atoms with Crippen LogP contribution in [0.5, 0.6) is 0 Å². The second kappa shape index (κ2) is 7.39. The first kappa shape index (κ1) is 18.7. The zero-order valence-electron chi connectivity index (χ0n) is 17.5. The van der Waals surface area contributed by atoms with Gasteiger partial charge < -0.3 is 9.80 Å². The molecule has 1 saturated heterocycles. The smallest absolute Gasteiger partial charge is 0.254 e. The number of hydrogen-bond acceptors (Lipinski definition) is 6. The molecule has 0 amide bonds. The van der Waals surface area contributed by atoms with Gasteiger partial charge in [0.15, 0.2) is 5.82 Å². The van der Waals surface area contributed by atoms with Gasteiger partial charge in [-0.2, -0.15) is 9.50 Å². The Kier molecular flexibility index (Phi) is 4.93. The molecule has 0 bridgehead atoms. The van der Waals surface area contributed by atoms with Crippen molar-refractivity contribution in [2.24, 2.45) is 0 Å². The number of rotatable bonds is 4. The van der Waals surface area contributed by atoms with Crippen molar-refractivity contribution in [2.75, 3.05) is 50.1 Å². The maximum atomic E-state index is 4.72. The topological polar surface area (TPSA) is 52.8 Å². The van der Waals surface area contributed by atoms with E-state index >= 15 is 0 Å². The molecule has 0 unspecified atom stereocenters. The van der Waals surface area contributed by atoms with E-state index in [1.807, 2.05) is 36.5 Å². The number of hydrogen-bond donors (Lipinski definition) is 0. The summed E-state index contributed by atoms with van der Waals surface area (Å²) in [4.78, 5) is 16.2. The Bertz CT molecular complexity index is 984. The number of nitrogens with zero attached hydrogens (tertiary/aromatic N) is 7. The standard InChI is InChI=1S/C21H29N7/c1-15-7-6-8-18(17(15)3)27-11-9-26(10-12-27)14-19-23-21-22-16(2)13-20(25(4)5)28(21)24-19/h6-8,13H,9-12,14H2,1-5H3. The van der Waals surface area contributed by atoms with Crippen LogP contribution in [0.15, 0.2) is 24.3 Å². The second-order valence-corrected chi connectivity index (χ2v) is 7.87. The molecule has 0 N–H and O–H groups in total.